The highest BCUT2D eigenvalue weighted by Gasteiger charge is 2.18. The topological polar surface area (TPSA) is 102 Å². The number of morpholine rings is 1. The molecule has 3 rings (SSSR count). The number of H-pyrrole nitrogens is 1. The average molecular weight is 339 g/mol. The normalized spacial score (nSPS) is 15.3. The van der Waals surface area contributed by atoms with Crippen LogP contribution >= 0.6 is 11.8 Å². The van der Waals surface area contributed by atoms with E-state index in [2.05, 4.69) is 9.97 Å². The molecule has 10 heteroatoms. The van der Waals surface area contributed by atoms with Crippen molar-refractivity contribution in [3.8, 4) is 0 Å². The van der Waals surface area contributed by atoms with Crippen molar-refractivity contribution in [3.63, 3.8) is 0 Å². The third-order valence-electron chi connectivity index (χ3n) is 3.77. The second-order valence-electron chi connectivity index (χ2n) is 5.23. The molecule has 0 saturated carbocycles. The van der Waals surface area contributed by atoms with E-state index in [0.29, 0.717) is 37.1 Å². The summed E-state index contributed by atoms with van der Waals surface area (Å²) in [4.78, 5) is 45.0. The monoisotopic (exact) mass is 339 g/mol. The molecule has 124 valence electrons. The summed E-state index contributed by atoms with van der Waals surface area (Å²) in [5.74, 6) is 0.217. The van der Waals surface area contributed by atoms with Crippen LogP contribution in [0.4, 0.5) is 0 Å². The summed E-state index contributed by atoms with van der Waals surface area (Å²) in [5.41, 5.74) is -0.313. The number of aryl methyl sites for hydroxylation is 1. The Morgan fingerprint density at radius 3 is 2.65 bits per heavy atom. The smallest absolute Gasteiger partial charge is 0.332 e. The van der Waals surface area contributed by atoms with Gasteiger partial charge in [0.05, 0.1) is 19.0 Å². The zero-order valence-corrected chi connectivity index (χ0v) is 13.7. The van der Waals surface area contributed by atoms with Gasteiger partial charge in [-0.3, -0.25) is 18.7 Å². The Kier molecular flexibility index (Phi) is 4.26. The first-order valence-electron chi connectivity index (χ1n) is 7.13. The van der Waals surface area contributed by atoms with E-state index in [4.69, 9.17) is 4.74 Å². The number of hydrogen-bond donors (Lipinski definition) is 1. The fourth-order valence-electron chi connectivity index (χ4n) is 2.41. The van der Waals surface area contributed by atoms with Crippen molar-refractivity contribution < 1.29 is 9.53 Å². The number of fused-ring (bicyclic) bond motifs is 1. The zero-order chi connectivity index (χ0) is 16.6. The molecule has 3 heterocycles. The largest absolute Gasteiger partial charge is 0.378 e. The Bertz CT molecular complexity index is 862. The lowest BCUT2D eigenvalue weighted by Crippen LogP contribution is -2.41. The molecular formula is C13H17N5O4S. The summed E-state index contributed by atoms with van der Waals surface area (Å²) in [6, 6.07) is 0. The van der Waals surface area contributed by atoms with Crippen LogP contribution in [0.3, 0.4) is 0 Å². The molecule has 1 aliphatic heterocycles. The van der Waals surface area contributed by atoms with E-state index in [1.807, 2.05) is 0 Å². The van der Waals surface area contributed by atoms with E-state index in [0.717, 1.165) is 4.57 Å². The summed E-state index contributed by atoms with van der Waals surface area (Å²) in [6.45, 7) is 2.29. The standard InChI is InChI=1S/C13H17N5O4S/c1-16-10-9(11(20)17(2)13(16)21)14-12(15-10)23-7-8(19)18-3-5-22-6-4-18/h3-7H2,1-2H3,(H,14,15). The number of amides is 1. The molecule has 2 aromatic rings. The van der Waals surface area contributed by atoms with Crippen molar-refractivity contribution in [1.29, 1.82) is 0 Å². The van der Waals surface area contributed by atoms with Crippen molar-refractivity contribution in [2.24, 2.45) is 14.1 Å². The maximum atomic E-state index is 12.1. The van der Waals surface area contributed by atoms with Crippen molar-refractivity contribution in [1.82, 2.24) is 24.0 Å². The molecule has 9 nitrogen and oxygen atoms in total. The van der Waals surface area contributed by atoms with Crippen LogP contribution in [0.2, 0.25) is 0 Å². The summed E-state index contributed by atoms with van der Waals surface area (Å²) < 4.78 is 7.54. The maximum Gasteiger partial charge on any atom is 0.332 e. The van der Waals surface area contributed by atoms with Gasteiger partial charge in [0, 0.05) is 27.2 Å². The first kappa shape index (κ1) is 15.8. The Morgan fingerprint density at radius 2 is 1.96 bits per heavy atom. The van der Waals surface area contributed by atoms with Crippen LogP contribution < -0.4 is 11.2 Å². The number of nitrogens with zero attached hydrogens (tertiary/aromatic N) is 4. The van der Waals surface area contributed by atoms with Gasteiger partial charge in [-0.15, -0.1) is 0 Å². The lowest BCUT2D eigenvalue weighted by Gasteiger charge is -2.26. The average Bonchev–Trinajstić information content (AvgIpc) is 3.01. The molecule has 0 aromatic carbocycles. The number of ether oxygens (including phenoxy) is 1. The van der Waals surface area contributed by atoms with Crippen LogP contribution in [0, 0.1) is 0 Å². The van der Waals surface area contributed by atoms with Crippen LogP contribution in [-0.2, 0) is 23.6 Å². The van der Waals surface area contributed by atoms with Gasteiger partial charge in [0.15, 0.2) is 16.3 Å². The SMILES string of the molecule is Cn1c(=O)c2[nH]c(SCC(=O)N3CCOCC3)nc2n(C)c1=O. The van der Waals surface area contributed by atoms with Crippen molar-refractivity contribution in [2.45, 2.75) is 5.16 Å². The number of imidazole rings is 1. The van der Waals surface area contributed by atoms with Gasteiger partial charge in [-0.1, -0.05) is 11.8 Å². The maximum absolute atomic E-state index is 12.1. The second-order valence-corrected chi connectivity index (χ2v) is 6.19. The van der Waals surface area contributed by atoms with E-state index in [1.165, 1.54) is 23.4 Å². The van der Waals surface area contributed by atoms with Crippen molar-refractivity contribution in [3.05, 3.63) is 20.8 Å². The Morgan fingerprint density at radius 1 is 1.26 bits per heavy atom. The minimum Gasteiger partial charge on any atom is -0.378 e. The molecule has 0 radical (unpaired) electrons. The first-order chi connectivity index (χ1) is 11.0. The first-order valence-corrected chi connectivity index (χ1v) is 8.11. The molecule has 1 saturated heterocycles. The Labute approximate surface area is 135 Å². The molecule has 0 atom stereocenters. The van der Waals surface area contributed by atoms with Crippen LogP contribution in [0.5, 0.6) is 0 Å². The quantitative estimate of drug-likeness (QED) is 0.713. The highest BCUT2D eigenvalue weighted by atomic mass is 32.2. The number of aromatic amines is 1. The molecule has 1 aliphatic rings. The fraction of sp³-hybridized carbons (Fsp3) is 0.538. The van der Waals surface area contributed by atoms with E-state index in [9.17, 15) is 14.4 Å². The molecule has 1 N–H and O–H groups in total. The minimum atomic E-state index is -0.435. The zero-order valence-electron chi connectivity index (χ0n) is 12.9. The van der Waals surface area contributed by atoms with Crippen LogP contribution in [-0.4, -0.2) is 62.0 Å². The van der Waals surface area contributed by atoms with Crippen LogP contribution in [0.1, 0.15) is 0 Å². The highest BCUT2D eigenvalue weighted by molar-refractivity contribution is 7.99. The predicted octanol–water partition coefficient (Wildman–Crippen LogP) is -1.09. The minimum absolute atomic E-state index is 0.000507. The number of rotatable bonds is 3. The molecule has 2 aromatic heterocycles. The molecule has 1 fully saturated rings. The van der Waals surface area contributed by atoms with E-state index in [-0.39, 0.29) is 17.2 Å². The third kappa shape index (κ3) is 2.91. The molecule has 23 heavy (non-hydrogen) atoms. The van der Waals surface area contributed by atoms with Gasteiger partial charge in [0.25, 0.3) is 5.56 Å². The summed E-state index contributed by atoms with van der Waals surface area (Å²) in [6.07, 6.45) is 0. The van der Waals surface area contributed by atoms with Gasteiger partial charge in [0.1, 0.15) is 0 Å². The van der Waals surface area contributed by atoms with Gasteiger partial charge >= 0.3 is 5.69 Å². The molecular weight excluding hydrogens is 322 g/mol. The van der Waals surface area contributed by atoms with Crippen molar-refractivity contribution in [2.75, 3.05) is 32.1 Å². The van der Waals surface area contributed by atoms with Gasteiger partial charge in [0.2, 0.25) is 5.91 Å². The lowest BCUT2D eigenvalue weighted by atomic mass is 10.4. The Balaban J connectivity index is 1.80. The second kappa shape index (κ2) is 6.20. The van der Waals surface area contributed by atoms with Crippen LogP contribution in [0.15, 0.2) is 14.7 Å². The van der Waals surface area contributed by atoms with Gasteiger partial charge in [-0.25, -0.2) is 9.78 Å². The van der Waals surface area contributed by atoms with E-state index >= 15 is 0 Å². The molecule has 0 unspecified atom stereocenters. The van der Waals surface area contributed by atoms with Gasteiger partial charge in [-0.05, 0) is 0 Å². The van der Waals surface area contributed by atoms with Crippen molar-refractivity contribution >= 4 is 28.8 Å². The van der Waals surface area contributed by atoms with E-state index in [1.54, 1.807) is 11.9 Å². The lowest BCUT2D eigenvalue weighted by molar-refractivity contribution is -0.132. The highest BCUT2D eigenvalue weighted by Crippen LogP contribution is 2.17. The van der Waals surface area contributed by atoms with Gasteiger partial charge < -0.3 is 14.6 Å². The van der Waals surface area contributed by atoms with E-state index < -0.39 is 11.2 Å². The molecule has 0 spiro atoms. The fourth-order valence-corrected chi connectivity index (χ4v) is 3.18. The Hall–Kier alpha value is -2.07. The molecule has 1 amide bonds. The van der Waals surface area contributed by atoms with Crippen LogP contribution in [0.25, 0.3) is 11.2 Å². The third-order valence-corrected chi connectivity index (χ3v) is 4.63. The number of carbonyl (C=O) groups excluding carboxylic acids is 1. The number of aromatic nitrogens is 4. The number of hydrogen-bond acceptors (Lipinski definition) is 6. The number of nitrogens with one attached hydrogen (secondary N) is 1. The predicted molar refractivity (Wildman–Crippen MR) is 84.7 cm³/mol. The molecule has 0 bridgehead atoms. The summed E-state index contributed by atoms with van der Waals surface area (Å²) in [7, 11) is 2.97. The summed E-state index contributed by atoms with van der Waals surface area (Å²) in [5, 5.41) is 0.444. The summed E-state index contributed by atoms with van der Waals surface area (Å²) >= 11 is 1.21. The number of carbonyl (C=O) groups is 1. The number of thioether (sulfide) groups is 1. The molecule has 0 aliphatic carbocycles. The van der Waals surface area contributed by atoms with Gasteiger partial charge in [-0.2, -0.15) is 0 Å².